The number of hydrogen-bond donors (Lipinski definition) is 2. The number of rotatable bonds is 5. The molecule has 0 fully saturated rings. The number of pyridine rings is 1. The van der Waals surface area contributed by atoms with Crippen molar-refractivity contribution in [3.05, 3.63) is 69.3 Å². The number of nitrogens with zero attached hydrogens (tertiary/aromatic N) is 3. The highest BCUT2D eigenvalue weighted by Gasteiger charge is 2.26. The van der Waals surface area contributed by atoms with Gasteiger partial charge in [0, 0.05) is 19.3 Å². The zero-order valence-corrected chi connectivity index (χ0v) is 20.4. The Balaban J connectivity index is 0.000000595. The van der Waals surface area contributed by atoms with E-state index in [4.69, 9.17) is 16.7 Å². The van der Waals surface area contributed by atoms with Crippen LogP contribution in [0.1, 0.15) is 17.3 Å². The quantitative estimate of drug-likeness (QED) is 0.548. The van der Waals surface area contributed by atoms with Crippen LogP contribution in [0.15, 0.2) is 53.3 Å². The number of quaternary nitrogens is 1. The van der Waals surface area contributed by atoms with Crippen molar-refractivity contribution in [2.75, 3.05) is 45.7 Å². The van der Waals surface area contributed by atoms with Crippen LogP contribution in [-0.2, 0) is 7.05 Å². The summed E-state index contributed by atoms with van der Waals surface area (Å²) in [6.45, 7) is 3.27. The average molecular weight is 478 g/mol. The molecule has 1 amide bonds. The Kier molecular flexibility index (Phi) is 10.1. The first-order chi connectivity index (χ1) is 15.0. The number of para-hydroxylation sites is 1. The minimum absolute atomic E-state index is 0. The number of aryl methyl sites for hydroxylation is 1. The molecule has 0 unspecified atom stereocenters. The highest BCUT2D eigenvalue weighted by molar-refractivity contribution is 6.35. The van der Waals surface area contributed by atoms with Crippen LogP contribution in [0.2, 0.25) is 5.02 Å². The maximum Gasteiger partial charge on any atom is 0.267 e. The first kappa shape index (κ1) is 28.1. The molecule has 0 spiro atoms. The van der Waals surface area contributed by atoms with E-state index in [1.807, 2.05) is 6.07 Å². The molecule has 0 aliphatic carbocycles. The van der Waals surface area contributed by atoms with E-state index in [0.717, 1.165) is 11.0 Å². The summed E-state index contributed by atoms with van der Waals surface area (Å²) in [7, 11) is 7.74. The van der Waals surface area contributed by atoms with Crippen molar-refractivity contribution in [3.63, 3.8) is 0 Å². The number of aromatic hydroxyl groups is 1. The number of amides is 1. The maximum atomic E-state index is 13.0. The predicted octanol–water partition coefficient (Wildman–Crippen LogP) is 3.07. The molecule has 0 atom stereocenters. The van der Waals surface area contributed by atoms with Gasteiger partial charge in [0.15, 0.2) is 0 Å². The fraction of sp³-hybridized carbons (Fsp3) is 0.333. The fourth-order valence-corrected chi connectivity index (χ4v) is 3.46. The van der Waals surface area contributed by atoms with Gasteiger partial charge in [-0.25, -0.2) is 0 Å². The van der Waals surface area contributed by atoms with Crippen LogP contribution in [0.4, 0.5) is 5.69 Å². The Morgan fingerprint density at radius 3 is 2.18 bits per heavy atom. The third-order valence-corrected chi connectivity index (χ3v) is 5.28. The van der Waals surface area contributed by atoms with Crippen LogP contribution < -0.4 is 10.3 Å². The van der Waals surface area contributed by atoms with Gasteiger partial charge in [0.25, 0.3) is 5.91 Å². The van der Waals surface area contributed by atoms with Gasteiger partial charge in [-0.3, -0.25) is 9.59 Å². The van der Waals surface area contributed by atoms with Crippen LogP contribution in [0.25, 0.3) is 10.9 Å². The summed E-state index contributed by atoms with van der Waals surface area (Å²) in [6, 6.07) is 14.0. The molecule has 3 aromatic rings. The monoisotopic (exact) mass is 477 g/mol. The number of benzene rings is 2. The Bertz CT molecular complexity index is 1140. The number of fused-ring (bicyclic) bond motifs is 1. The predicted molar refractivity (Wildman–Crippen MR) is 132 cm³/mol. The van der Waals surface area contributed by atoms with E-state index < -0.39 is 11.3 Å². The van der Waals surface area contributed by atoms with Crippen molar-refractivity contribution in [1.29, 1.82) is 0 Å². The normalized spacial score (nSPS) is 10.8. The topological polar surface area (TPSA) is 113 Å². The maximum absolute atomic E-state index is 13.0. The number of anilines is 1. The molecule has 1 aromatic heterocycles. The second kappa shape index (κ2) is 11.8. The first-order valence-corrected chi connectivity index (χ1v) is 10.7. The summed E-state index contributed by atoms with van der Waals surface area (Å²) in [6.07, 6.45) is 0. The zero-order chi connectivity index (χ0) is 24.1. The minimum Gasteiger partial charge on any atom is -0.870 e. The molecule has 8 nitrogen and oxygen atoms in total. The number of likely N-dealkylation sites (N-methyl/N-ethyl adjacent to an activating group) is 1. The van der Waals surface area contributed by atoms with Gasteiger partial charge in [0.2, 0.25) is 11.3 Å². The van der Waals surface area contributed by atoms with Crippen molar-refractivity contribution in [2.45, 2.75) is 6.92 Å². The van der Waals surface area contributed by atoms with Gasteiger partial charge in [-0.05, 0) is 31.2 Å². The van der Waals surface area contributed by atoms with E-state index in [2.05, 4.69) is 21.1 Å². The van der Waals surface area contributed by atoms with E-state index in [0.29, 0.717) is 17.7 Å². The summed E-state index contributed by atoms with van der Waals surface area (Å²) in [5.74, 6) is -0.937. The molecule has 0 aliphatic rings. The lowest BCUT2D eigenvalue weighted by Gasteiger charge is -2.22. The van der Waals surface area contributed by atoms with Crippen molar-refractivity contribution >= 4 is 34.1 Å². The van der Waals surface area contributed by atoms with Crippen LogP contribution in [0, 0.1) is 0 Å². The summed E-state index contributed by atoms with van der Waals surface area (Å²) in [5.41, 5.74) is 0.259. The zero-order valence-electron chi connectivity index (χ0n) is 19.6. The summed E-state index contributed by atoms with van der Waals surface area (Å²) in [4.78, 5) is 27.4. The van der Waals surface area contributed by atoms with Gasteiger partial charge in [-0.1, -0.05) is 35.9 Å². The van der Waals surface area contributed by atoms with Gasteiger partial charge in [-0.15, -0.1) is 0 Å². The third kappa shape index (κ3) is 6.55. The van der Waals surface area contributed by atoms with Gasteiger partial charge >= 0.3 is 0 Å². The molecule has 180 valence electrons. The highest BCUT2D eigenvalue weighted by Crippen LogP contribution is 2.27. The lowest BCUT2D eigenvalue weighted by molar-refractivity contribution is -0.870. The SMILES string of the molecule is CCN(C(=O)c1c(O)n(C)c2cccc(Cl)c2c1=O)c1ccccc1.C[N+](C)(C)CCO.[OH-]. The summed E-state index contributed by atoms with van der Waals surface area (Å²) < 4.78 is 2.24. The van der Waals surface area contributed by atoms with Gasteiger partial charge < -0.3 is 29.6 Å². The summed E-state index contributed by atoms with van der Waals surface area (Å²) in [5, 5.41) is 19.4. The Hall–Kier alpha value is -2.91. The standard InChI is InChI=1S/C19H17ClN2O3.C5H14NO.H2O/c1-3-22(12-8-5-4-6-9-12)19(25)16-17(23)15-13(20)10-7-11-14(15)21(2)18(16)24;1-6(2,3)4-5-7;/h4-11,24H,3H2,1-2H3;7H,4-5H2,1-3H3;1H2/q;+1;/p-1. The molecule has 0 saturated carbocycles. The lowest BCUT2D eigenvalue weighted by Crippen LogP contribution is -2.36. The van der Waals surface area contributed by atoms with Crippen molar-refractivity contribution < 1.29 is 25.0 Å². The molecule has 9 heteroatoms. The van der Waals surface area contributed by atoms with Gasteiger partial charge in [0.1, 0.15) is 12.1 Å². The van der Waals surface area contributed by atoms with Crippen LogP contribution in [0.5, 0.6) is 5.88 Å². The molecular weight excluding hydrogens is 446 g/mol. The number of carbonyl (C=O) groups excluding carboxylic acids is 1. The van der Waals surface area contributed by atoms with E-state index >= 15 is 0 Å². The third-order valence-electron chi connectivity index (χ3n) is 4.96. The Labute approximate surface area is 198 Å². The highest BCUT2D eigenvalue weighted by atomic mass is 35.5. The van der Waals surface area contributed by atoms with E-state index in [1.54, 1.807) is 56.4 Å². The van der Waals surface area contributed by atoms with Crippen molar-refractivity contribution in [2.24, 2.45) is 7.05 Å². The molecule has 1 heterocycles. The summed E-state index contributed by atoms with van der Waals surface area (Å²) >= 11 is 6.17. The largest absolute Gasteiger partial charge is 0.870 e. The fourth-order valence-electron chi connectivity index (χ4n) is 3.20. The van der Waals surface area contributed by atoms with Gasteiger partial charge in [-0.2, -0.15) is 0 Å². The first-order valence-electron chi connectivity index (χ1n) is 10.3. The molecule has 33 heavy (non-hydrogen) atoms. The lowest BCUT2D eigenvalue weighted by atomic mass is 10.1. The Morgan fingerprint density at radius 1 is 1.09 bits per heavy atom. The van der Waals surface area contributed by atoms with E-state index in [1.165, 1.54) is 9.47 Å². The molecule has 2 aromatic carbocycles. The smallest absolute Gasteiger partial charge is 0.267 e. The molecule has 0 radical (unpaired) electrons. The van der Waals surface area contributed by atoms with E-state index in [9.17, 15) is 14.7 Å². The Morgan fingerprint density at radius 2 is 1.70 bits per heavy atom. The van der Waals surface area contributed by atoms with Crippen molar-refractivity contribution in [1.82, 2.24) is 4.57 Å². The molecule has 0 bridgehead atoms. The second-order valence-electron chi connectivity index (χ2n) is 8.34. The second-order valence-corrected chi connectivity index (χ2v) is 8.75. The molecule has 3 N–H and O–H groups in total. The molecular formula is C24H32ClN3O5. The van der Waals surface area contributed by atoms with Crippen LogP contribution >= 0.6 is 11.6 Å². The van der Waals surface area contributed by atoms with Crippen molar-refractivity contribution in [3.8, 4) is 5.88 Å². The van der Waals surface area contributed by atoms with Gasteiger partial charge in [0.05, 0.1) is 43.7 Å². The number of aliphatic hydroxyl groups is 1. The number of halogens is 1. The number of aromatic nitrogens is 1. The minimum atomic E-state index is -0.574. The number of hydrogen-bond acceptors (Lipinski definition) is 5. The average Bonchev–Trinajstić information content (AvgIpc) is 2.73. The molecule has 3 rings (SSSR count). The molecule has 0 aliphatic heterocycles. The number of aliphatic hydroxyl groups excluding tert-OH is 1. The van der Waals surface area contributed by atoms with Crippen LogP contribution in [-0.4, -0.2) is 71.5 Å². The molecule has 0 saturated heterocycles. The van der Waals surface area contributed by atoms with Crippen LogP contribution in [0.3, 0.4) is 0 Å². The number of carbonyl (C=O) groups is 1. The van der Waals surface area contributed by atoms with E-state index in [-0.39, 0.29) is 33.9 Å².